The minimum atomic E-state index is -0.148. The van der Waals surface area contributed by atoms with Crippen LogP contribution >= 0.6 is 23.2 Å². The highest BCUT2D eigenvalue weighted by Crippen LogP contribution is 2.43. The van der Waals surface area contributed by atoms with E-state index in [-0.39, 0.29) is 5.54 Å². The fourth-order valence-corrected chi connectivity index (χ4v) is 4.01. The summed E-state index contributed by atoms with van der Waals surface area (Å²) >= 11 is 12.4. The summed E-state index contributed by atoms with van der Waals surface area (Å²) in [5.41, 5.74) is 2.78. The summed E-state index contributed by atoms with van der Waals surface area (Å²) in [5.74, 6) is 0.988. The number of aromatic nitrogens is 1. The molecule has 2 heterocycles. The molecule has 2 aromatic rings. The van der Waals surface area contributed by atoms with Gasteiger partial charge in [0.05, 0.1) is 27.0 Å². The Labute approximate surface area is 157 Å². The quantitative estimate of drug-likeness (QED) is 0.745. The highest BCUT2D eigenvalue weighted by atomic mass is 35.5. The molecule has 6 heteroatoms. The Hall–Kier alpha value is -1.78. The Morgan fingerprint density at radius 2 is 1.92 bits per heavy atom. The topological polar surface area (TPSA) is 49.3 Å². The third kappa shape index (κ3) is 3.33. The van der Waals surface area contributed by atoms with Crippen LogP contribution in [0.2, 0.25) is 10.0 Å². The molecule has 1 aromatic carbocycles. The van der Waals surface area contributed by atoms with Crippen LogP contribution < -0.4 is 10.6 Å². The molecule has 0 radical (unpaired) electrons. The smallest absolute Gasteiger partial charge is 0.128 e. The lowest BCUT2D eigenvalue weighted by Gasteiger charge is -2.42. The molecule has 1 saturated carbocycles. The number of halogens is 2. The molecule has 130 valence electrons. The molecule has 0 unspecified atom stereocenters. The zero-order valence-corrected chi connectivity index (χ0v) is 15.4. The highest BCUT2D eigenvalue weighted by molar-refractivity contribution is 6.42. The SMILES string of the molecule is Clc1cc2c(cc1Cl)NC1(CCCCC1)C(NCc1cccnc1)=N2. The van der Waals surface area contributed by atoms with E-state index in [9.17, 15) is 0 Å². The number of benzene rings is 1. The van der Waals surface area contributed by atoms with E-state index in [0.29, 0.717) is 16.6 Å². The predicted molar refractivity (Wildman–Crippen MR) is 104 cm³/mol. The van der Waals surface area contributed by atoms with Gasteiger partial charge in [-0.2, -0.15) is 0 Å². The van der Waals surface area contributed by atoms with E-state index in [1.165, 1.54) is 19.3 Å². The van der Waals surface area contributed by atoms with Crippen molar-refractivity contribution in [1.82, 2.24) is 10.3 Å². The first-order valence-electron chi connectivity index (χ1n) is 8.65. The van der Waals surface area contributed by atoms with Gasteiger partial charge in [0.25, 0.3) is 0 Å². The van der Waals surface area contributed by atoms with E-state index in [1.807, 2.05) is 24.4 Å². The standard InChI is InChI=1S/C19H20Cl2N4/c20-14-9-16-17(10-15(14)21)25-19(6-2-1-3-7-19)18(24-16)23-12-13-5-4-8-22-11-13/h4-5,8-11,25H,1-3,6-7,12H2,(H,23,24). The molecule has 25 heavy (non-hydrogen) atoms. The van der Waals surface area contributed by atoms with Crippen molar-refractivity contribution in [3.8, 4) is 0 Å². The number of hydrogen-bond acceptors (Lipinski definition) is 4. The predicted octanol–water partition coefficient (Wildman–Crippen LogP) is 5.34. The molecule has 1 fully saturated rings. The zero-order valence-electron chi connectivity index (χ0n) is 13.9. The summed E-state index contributed by atoms with van der Waals surface area (Å²) in [6, 6.07) is 7.73. The monoisotopic (exact) mass is 374 g/mol. The van der Waals surface area contributed by atoms with Crippen LogP contribution in [-0.4, -0.2) is 16.4 Å². The summed E-state index contributed by atoms with van der Waals surface area (Å²) in [6.45, 7) is 0.701. The fourth-order valence-electron chi connectivity index (χ4n) is 3.69. The number of nitrogens with zero attached hydrogens (tertiary/aromatic N) is 2. The van der Waals surface area contributed by atoms with Crippen molar-refractivity contribution < 1.29 is 0 Å². The normalized spacial score (nSPS) is 18.2. The van der Waals surface area contributed by atoms with Crippen molar-refractivity contribution in [3.05, 3.63) is 52.3 Å². The second-order valence-corrected chi connectivity index (χ2v) is 7.54. The average molecular weight is 375 g/mol. The number of rotatable bonds is 2. The van der Waals surface area contributed by atoms with Gasteiger partial charge < -0.3 is 10.6 Å². The summed E-state index contributed by atoms with van der Waals surface area (Å²) in [7, 11) is 0. The molecule has 4 rings (SSSR count). The summed E-state index contributed by atoms with van der Waals surface area (Å²) in [5, 5.41) is 8.34. The lowest BCUT2D eigenvalue weighted by atomic mass is 9.79. The minimum absolute atomic E-state index is 0.148. The molecule has 0 bridgehead atoms. The van der Waals surface area contributed by atoms with Crippen LogP contribution in [0.25, 0.3) is 0 Å². The summed E-state index contributed by atoms with van der Waals surface area (Å²) < 4.78 is 0. The molecule has 1 aliphatic carbocycles. The van der Waals surface area contributed by atoms with Crippen LogP contribution in [0, 0.1) is 0 Å². The van der Waals surface area contributed by atoms with Gasteiger partial charge in [0.2, 0.25) is 0 Å². The molecule has 4 nitrogen and oxygen atoms in total. The Balaban J connectivity index is 1.68. The number of nitrogens with one attached hydrogen (secondary N) is 2. The molecular formula is C19H20Cl2N4. The number of amidine groups is 1. The first-order valence-corrected chi connectivity index (χ1v) is 9.41. The number of aliphatic imine (C=N–C) groups is 1. The summed E-state index contributed by atoms with van der Waals surface area (Å²) in [4.78, 5) is 9.10. The van der Waals surface area contributed by atoms with Gasteiger partial charge in [-0.3, -0.25) is 4.98 Å². The molecule has 2 N–H and O–H groups in total. The molecular weight excluding hydrogens is 355 g/mol. The number of pyridine rings is 1. The van der Waals surface area contributed by atoms with Crippen molar-refractivity contribution in [2.24, 2.45) is 4.99 Å². The van der Waals surface area contributed by atoms with E-state index >= 15 is 0 Å². The zero-order chi connectivity index (χ0) is 17.3. The fraction of sp³-hybridized carbons (Fsp3) is 0.368. The molecule has 0 saturated heterocycles. The Morgan fingerprint density at radius 3 is 2.68 bits per heavy atom. The third-order valence-electron chi connectivity index (χ3n) is 4.99. The van der Waals surface area contributed by atoms with Crippen LogP contribution in [0.3, 0.4) is 0 Å². The van der Waals surface area contributed by atoms with Crippen molar-refractivity contribution in [1.29, 1.82) is 0 Å². The second-order valence-electron chi connectivity index (χ2n) is 6.73. The van der Waals surface area contributed by atoms with Gasteiger partial charge in [0.1, 0.15) is 5.84 Å². The molecule has 0 amide bonds. The average Bonchev–Trinajstić information content (AvgIpc) is 2.63. The molecule has 1 aliphatic heterocycles. The molecule has 1 spiro atoms. The number of anilines is 1. The van der Waals surface area contributed by atoms with Crippen LogP contribution in [0.5, 0.6) is 0 Å². The largest absolute Gasteiger partial charge is 0.371 e. The van der Waals surface area contributed by atoms with E-state index in [0.717, 1.165) is 35.6 Å². The van der Waals surface area contributed by atoms with Gasteiger partial charge in [-0.25, -0.2) is 4.99 Å². The first-order chi connectivity index (χ1) is 12.2. The minimum Gasteiger partial charge on any atom is -0.371 e. The Morgan fingerprint density at radius 1 is 1.12 bits per heavy atom. The highest BCUT2D eigenvalue weighted by Gasteiger charge is 2.40. The van der Waals surface area contributed by atoms with Crippen LogP contribution in [0.15, 0.2) is 41.7 Å². The summed E-state index contributed by atoms with van der Waals surface area (Å²) in [6.07, 6.45) is 9.44. The van der Waals surface area contributed by atoms with E-state index < -0.39 is 0 Å². The first kappa shape index (κ1) is 16.7. The van der Waals surface area contributed by atoms with Gasteiger partial charge in [-0.05, 0) is 36.6 Å². The van der Waals surface area contributed by atoms with E-state index in [2.05, 4.69) is 21.7 Å². The third-order valence-corrected chi connectivity index (χ3v) is 5.71. The Bertz CT molecular complexity index is 799. The molecule has 0 atom stereocenters. The van der Waals surface area contributed by atoms with Crippen molar-refractivity contribution in [2.75, 3.05) is 5.32 Å². The second kappa shape index (κ2) is 6.85. The lowest BCUT2D eigenvalue weighted by molar-refractivity contribution is 0.396. The van der Waals surface area contributed by atoms with Crippen LogP contribution in [0.1, 0.15) is 37.7 Å². The van der Waals surface area contributed by atoms with Crippen LogP contribution in [0.4, 0.5) is 11.4 Å². The number of fused-ring (bicyclic) bond motifs is 1. The number of hydrogen-bond donors (Lipinski definition) is 2. The van der Waals surface area contributed by atoms with Crippen LogP contribution in [-0.2, 0) is 6.54 Å². The van der Waals surface area contributed by atoms with Gasteiger partial charge >= 0.3 is 0 Å². The van der Waals surface area contributed by atoms with Gasteiger partial charge in [0, 0.05) is 18.9 Å². The molecule has 1 aromatic heterocycles. The van der Waals surface area contributed by atoms with Gasteiger partial charge in [-0.15, -0.1) is 0 Å². The maximum atomic E-state index is 6.21. The van der Waals surface area contributed by atoms with E-state index in [1.54, 1.807) is 6.20 Å². The van der Waals surface area contributed by atoms with Crippen molar-refractivity contribution in [3.63, 3.8) is 0 Å². The Kier molecular flexibility index (Phi) is 4.57. The van der Waals surface area contributed by atoms with Crippen molar-refractivity contribution >= 4 is 40.4 Å². The molecule has 2 aliphatic rings. The van der Waals surface area contributed by atoms with Gasteiger partial charge in [-0.1, -0.05) is 48.5 Å². The lowest BCUT2D eigenvalue weighted by Crippen LogP contribution is -2.54. The maximum absolute atomic E-state index is 6.21. The van der Waals surface area contributed by atoms with Crippen molar-refractivity contribution in [2.45, 2.75) is 44.2 Å². The van der Waals surface area contributed by atoms with E-state index in [4.69, 9.17) is 28.2 Å². The maximum Gasteiger partial charge on any atom is 0.128 e. The van der Waals surface area contributed by atoms with Gasteiger partial charge in [0.15, 0.2) is 0 Å².